The molecule has 31 heavy (non-hydrogen) atoms. The number of benzene rings is 2. The van der Waals surface area contributed by atoms with Gasteiger partial charge in [-0.3, -0.25) is 9.59 Å². The van der Waals surface area contributed by atoms with Crippen molar-refractivity contribution in [2.45, 2.75) is 6.42 Å². The number of methoxy groups -OCH3 is 3. The predicted octanol–water partition coefficient (Wildman–Crippen LogP) is 3.48. The monoisotopic (exact) mass is 448 g/mol. The Balaban J connectivity index is 1.98. The van der Waals surface area contributed by atoms with Gasteiger partial charge in [0, 0.05) is 25.3 Å². The lowest BCUT2D eigenvalue weighted by Crippen LogP contribution is -2.33. The van der Waals surface area contributed by atoms with Gasteiger partial charge in [-0.2, -0.15) is 0 Å². The van der Waals surface area contributed by atoms with Crippen molar-refractivity contribution in [3.63, 3.8) is 0 Å². The van der Waals surface area contributed by atoms with Crippen LogP contribution in [0.25, 0.3) is 0 Å². The first-order valence-electron chi connectivity index (χ1n) is 9.77. The molecule has 0 aliphatic carbocycles. The van der Waals surface area contributed by atoms with Crippen LogP contribution < -0.4 is 19.5 Å². The van der Waals surface area contributed by atoms with Crippen molar-refractivity contribution < 1.29 is 28.5 Å². The Labute approximate surface area is 186 Å². The Morgan fingerprint density at radius 3 is 2.52 bits per heavy atom. The lowest BCUT2D eigenvalue weighted by atomic mass is 10.1. The van der Waals surface area contributed by atoms with Gasteiger partial charge in [0.25, 0.3) is 11.8 Å². The number of rotatable bonds is 6. The van der Waals surface area contributed by atoms with Gasteiger partial charge < -0.3 is 29.2 Å². The van der Waals surface area contributed by atoms with E-state index in [4.69, 9.17) is 30.5 Å². The van der Waals surface area contributed by atoms with Gasteiger partial charge in [0.2, 0.25) is 0 Å². The molecular weight excluding hydrogens is 424 g/mol. The van der Waals surface area contributed by atoms with Crippen molar-refractivity contribution >= 4 is 29.1 Å². The van der Waals surface area contributed by atoms with E-state index in [0.717, 1.165) is 6.42 Å². The highest BCUT2D eigenvalue weighted by atomic mass is 35.5. The van der Waals surface area contributed by atoms with Crippen LogP contribution in [0.15, 0.2) is 30.3 Å². The molecule has 1 aliphatic heterocycles. The van der Waals surface area contributed by atoms with E-state index in [2.05, 4.69) is 5.32 Å². The van der Waals surface area contributed by atoms with Gasteiger partial charge in [0.1, 0.15) is 11.3 Å². The van der Waals surface area contributed by atoms with E-state index in [1.54, 1.807) is 35.2 Å². The number of nitrogens with one attached hydrogen (secondary N) is 1. The van der Waals surface area contributed by atoms with Crippen LogP contribution in [0.3, 0.4) is 0 Å². The van der Waals surface area contributed by atoms with Gasteiger partial charge in [-0.25, -0.2) is 0 Å². The largest absolute Gasteiger partial charge is 0.496 e. The third kappa shape index (κ3) is 5.03. The summed E-state index contributed by atoms with van der Waals surface area (Å²) in [4.78, 5) is 27.8. The van der Waals surface area contributed by atoms with Crippen LogP contribution in [-0.2, 0) is 4.74 Å². The third-order valence-corrected chi connectivity index (χ3v) is 5.22. The molecule has 8 nitrogen and oxygen atoms in total. The number of hydrogen-bond acceptors (Lipinski definition) is 6. The zero-order chi connectivity index (χ0) is 22.4. The first-order valence-corrected chi connectivity index (χ1v) is 10.1. The van der Waals surface area contributed by atoms with Crippen LogP contribution in [-0.4, -0.2) is 64.3 Å². The number of anilines is 1. The van der Waals surface area contributed by atoms with Crippen molar-refractivity contribution in [3.05, 3.63) is 46.5 Å². The van der Waals surface area contributed by atoms with Crippen molar-refractivity contribution in [1.29, 1.82) is 0 Å². The molecule has 0 saturated carbocycles. The van der Waals surface area contributed by atoms with Crippen molar-refractivity contribution in [3.8, 4) is 17.2 Å². The maximum Gasteiger partial charge on any atom is 0.261 e. The second-order valence-electron chi connectivity index (χ2n) is 6.79. The Morgan fingerprint density at radius 1 is 1.03 bits per heavy atom. The molecule has 2 amide bonds. The summed E-state index contributed by atoms with van der Waals surface area (Å²) in [6.45, 7) is 2.18. The highest BCUT2D eigenvalue weighted by Crippen LogP contribution is 2.38. The number of hydrogen-bond donors (Lipinski definition) is 1. The Kier molecular flexibility index (Phi) is 7.59. The molecule has 166 valence electrons. The summed E-state index contributed by atoms with van der Waals surface area (Å²) in [5.41, 5.74) is 0.818. The minimum Gasteiger partial charge on any atom is -0.496 e. The molecule has 0 unspecified atom stereocenters. The molecule has 1 saturated heterocycles. The molecule has 9 heteroatoms. The summed E-state index contributed by atoms with van der Waals surface area (Å²) < 4.78 is 21.6. The fourth-order valence-electron chi connectivity index (χ4n) is 3.39. The van der Waals surface area contributed by atoms with Gasteiger partial charge in [-0.1, -0.05) is 17.7 Å². The average Bonchev–Trinajstić information content (AvgIpc) is 3.07. The van der Waals surface area contributed by atoms with E-state index in [-0.39, 0.29) is 27.9 Å². The highest BCUT2D eigenvalue weighted by Gasteiger charge is 2.24. The zero-order valence-electron chi connectivity index (χ0n) is 17.7. The van der Waals surface area contributed by atoms with Crippen LogP contribution >= 0.6 is 11.6 Å². The van der Waals surface area contributed by atoms with Crippen molar-refractivity contribution in [1.82, 2.24) is 4.90 Å². The molecule has 1 aliphatic rings. The van der Waals surface area contributed by atoms with E-state index in [1.807, 2.05) is 0 Å². The molecule has 1 N–H and O–H groups in total. The SMILES string of the molecule is COc1cc(C(=O)N2CCCOCC2)cc(NC(=O)c2c(Cl)cccc2OC)c1OC. The van der Waals surface area contributed by atoms with Crippen molar-refractivity contribution in [2.75, 3.05) is 52.9 Å². The van der Waals surface area contributed by atoms with Gasteiger partial charge >= 0.3 is 0 Å². The molecule has 0 radical (unpaired) electrons. The fourth-order valence-corrected chi connectivity index (χ4v) is 3.64. The van der Waals surface area contributed by atoms with Gasteiger partial charge in [0.15, 0.2) is 11.5 Å². The maximum absolute atomic E-state index is 13.1. The second kappa shape index (κ2) is 10.4. The summed E-state index contributed by atoms with van der Waals surface area (Å²) >= 11 is 6.23. The van der Waals surface area contributed by atoms with E-state index < -0.39 is 5.91 Å². The smallest absolute Gasteiger partial charge is 0.261 e. The number of carbonyl (C=O) groups is 2. The van der Waals surface area contributed by atoms with Gasteiger partial charge in [-0.05, 0) is 30.7 Å². The number of amides is 2. The van der Waals surface area contributed by atoms with Gasteiger partial charge in [-0.15, -0.1) is 0 Å². The topological polar surface area (TPSA) is 86.3 Å². The summed E-state index contributed by atoms with van der Waals surface area (Å²) in [5.74, 6) is 0.249. The van der Waals surface area contributed by atoms with Crippen molar-refractivity contribution in [2.24, 2.45) is 0 Å². The van der Waals surface area contributed by atoms with Crippen LogP contribution in [0.2, 0.25) is 5.02 Å². The number of halogens is 1. The van der Waals surface area contributed by atoms with Crippen LogP contribution in [0, 0.1) is 0 Å². The normalized spacial score (nSPS) is 13.9. The third-order valence-electron chi connectivity index (χ3n) is 4.91. The number of carbonyl (C=O) groups excluding carboxylic acids is 2. The van der Waals surface area contributed by atoms with Crippen LogP contribution in [0.5, 0.6) is 17.2 Å². The molecule has 0 spiro atoms. The minimum absolute atomic E-state index is 0.175. The number of ether oxygens (including phenoxy) is 4. The lowest BCUT2D eigenvalue weighted by molar-refractivity contribution is 0.0740. The van der Waals surface area contributed by atoms with E-state index in [9.17, 15) is 9.59 Å². The first-order chi connectivity index (χ1) is 15.0. The molecule has 1 heterocycles. The number of nitrogens with zero attached hydrogens (tertiary/aromatic N) is 1. The summed E-state index contributed by atoms with van der Waals surface area (Å²) in [7, 11) is 4.38. The van der Waals surface area contributed by atoms with E-state index >= 15 is 0 Å². The molecule has 0 bridgehead atoms. The van der Waals surface area contributed by atoms with Crippen LogP contribution in [0.4, 0.5) is 5.69 Å². The Morgan fingerprint density at radius 2 is 1.81 bits per heavy atom. The molecule has 2 aromatic carbocycles. The Bertz CT molecular complexity index is 957. The summed E-state index contributed by atoms with van der Waals surface area (Å²) in [6, 6.07) is 8.08. The molecule has 0 atom stereocenters. The second-order valence-corrected chi connectivity index (χ2v) is 7.20. The molecule has 1 fully saturated rings. The molecular formula is C22H25ClN2O6. The standard InChI is InChI=1S/C22H25ClN2O6/c1-28-17-7-4-6-15(23)19(17)21(26)24-16-12-14(13-18(29-2)20(16)30-3)22(27)25-8-5-10-31-11-9-25/h4,6-7,12-13H,5,8-11H2,1-3H3,(H,24,26). The van der Waals surface area contributed by atoms with Crippen LogP contribution in [0.1, 0.15) is 27.1 Å². The summed E-state index contributed by atoms with van der Waals surface area (Å²) in [6.07, 6.45) is 0.759. The summed E-state index contributed by atoms with van der Waals surface area (Å²) in [5, 5.41) is 3.01. The predicted molar refractivity (Wildman–Crippen MR) is 117 cm³/mol. The lowest BCUT2D eigenvalue weighted by Gasteiger charge is -2.22. The molecule has 2 aromatic rings. The van der Waals surface area contributed by atoms with E-state index in [1.165, 1.54) is 21.3 Å². The van der Waals surface area contributed by atoms with Gasteiger partial charge in [0.05, 0.1) is 38.6 Å². The zero-order valence-corrected chi connectivity index (χ0v) is 18.5. The maximum atomic E-state index is 13.1. The minimum atomic E-state index is -0.504. The quantitative estimate of drug-likeness (QED) is 0.728. The highest BCUT2D eigenvalue weighted by molar-refractivity contribution is 6.35. The first kappa shape index (κ1) is 22.7. The fraction of sp³-hybridized carbons (Fsp3) is 0.364. The Hall–Kier alpha value is -2.97. The average molecular weight is 449 g/mol. The van der Waals surface area contributed by atoms with E-state index in [0.29, 0.717) is 43.4 Å². The molecule has 0 aromatic heterocycles. The molecule has 3 rings (SSSR count).